The van der Waals surface area contributed by atoms with Gasteiger partial charge in [-0.1, -0.05) is 21.1 Å². The lowest BCUT2D eigenvalue weighted by Gasteiger charge is -2.04. The molecule has 0 aliphatic rings. The fraction of sp³-hybridized carbons (Fsp3) is 0.250. The van der Waals surface area contributed by atoms with E-state index in [0.29, 0.717) is 5.56 Å². The summed E-state index contributed by atoms with van der Waals surface area (Å²) in [5.41, 5.74) is 0.319. The number of halogens is 2. The molecule has 0 aliphatic heterocycles. The Balaban J connectivity index is 3.12. The normalized spacial score (nSPS) is 12.6. The molecular weight excluding hydrogens is 225 g/mol. The van der Waals surface area contributed by atoms with Crippen molar-refractivity contribution in [1.29, 1.82) is 0 Å². The second kappa shape index (κ2) is 3.76. The first kappa shape index (κ1) is 9.32. The summed E-state index contributed by atoms with van der Waals surface area (Å²) in [6.45, 7) is 1.55. The summed E-state index contributed by atoms with van der Waals surface area (Å²) in [5, 5.41) is 2.75. The van der Waals surface area contributed by atoms with E-state index >= 15 is 0 Å². The van der Waals surface area contributed by atoms with Gasteiger partial charge in [0.25, 0.3) is 0 Å². The van der Waals surface area contributed by atoms with Gasteiger partial charge in [-0.25, -0.2) is 4.39 Å². The van der Waals surface area contributed by atoms with Crippen molar-refractivity contribution in [2.45, 2.75) is 13.0 Å². The first-order valence-electron chi connectivity index (χ1n) is 3.42. The van der Waals surface area contributed by atoms with Gasteiger partial charge in [0, 0.05) is 10.0 Å². The van der Waals surface area contributed by atoms with Crippen LogP contribution in [-0.4, -0.2) is 0 Å². The van der Waals surface area contributed by atoms with Gasteiger partial charge in [-0.2, -0.15) is 4.91 Å². The third-order valence-corrected chi connectivity index (χ3v) is 2.06. The summed E-state index contributed by atoms with van der Waals surface area (Å²) < 4.78 is 13.7. The van der Waals surface area contributed by atoms with Crippen molar-refractivity contribution < 1.29 is 4.39 Å². The van der Waals surface area contributed by atoms with Crippen LogP contribution in [0.15, 0.2) is 27.8 Å². The highest BCUT2D eigenvalue weighted by Gasteiger charge is 2.10. The zero-order chi connectivity index (χ0) is 9.14. The fourth-order valence-corrected chi connectivity index (χ4v) is 1.27. The maximum Gasteiger partial charge on any atom is 0.128 e. The SMILES string of the molecule is CC(N=O)c1cc(Br)ccc1F. The van der Waals surface area contributed by atoms with Gasteiger partial charge in [0.05, 0.1) is 0 Å². The summed E-state index contributed by atoms with van der Waals surface area (Å²) in [6, 6.07) is 3.81. The summed E-state index contributed by atoms with van der Waals surface area (Å²) >= 11 is 3.18. The minimum Gasteiger partial charge on any atom is -0.207 e. The Labute approximate surface area is 77.9 Å². The van der Waals surface area contributed by atoms with E-state index in [1.165, 1.54) is 6.07 Å². The van der Waals surface area contributed by atoms with Crippen molar-refractivity contribution in [2.75, 3.05) is 0 Å². The third kappa shape index (κ3) is 1.88. The molecule has 1 rings (SSSR count). The molecule has 64 valence electrons. The first-order valence-corrected chi connectivity index (χ1v) is 4.22. The van der Waals surface area contributed by atoms with Crippen molar-refractivity contribution >= 4 is 15.9 Å². The van der Waals surface area contributed by atoms with Crippen molar-refractivity contribution in [3.8, 4) is 0 Å². The van der Waals surface area contributed by atoms with Crippen molar-refractivity contribution in [3.05, 3.63) is 39.0 Å². The van der Waals surface area contributed by atoms with Crippen molar-refractivity contribution in [3.63, 3.8) is 0 Å². The van der Waals surface area contributed by atoms with Gasteiger partial charge in [0.1, 0.15) is 11.9 Å². The molecule has 0 bridgehead atoms. The molecule has 4 heteroatoms. The molecule has 1 aromatic carbocycles. The highest BCUT2D eigenvalue weighted by molar-refractivity contribution is 9.10. The summed E-state index contributed by atoms with van der Waals surface area (Å²) in [4.78, 5) is 10.1. The number of nitroso groups, excluding NO2 is 1. The van der Waals surface area contributed by atoms with E-state index in [1.54, 1.807) is 19.1 Å². The molecule has 0 aliphatic carbocycles. The molecule has 1 unspecified atom stereocenters. The van der Waals surface area contributed by atoms with Crippen LogP contribution < -0.4 is 0 Å². The van der Waals surface area contributed by atoms with E-state index in [0.717, 1.165) is 4.47 Å². The van der Waals surface area contributed by atoms with E-state index in [9.17, 15) is 9.30 Å². The van der Waals surface area contributed by atoms with E-state index in [4.69, 9.17) is 0 Å². The Kier molecular flexibility index (Phi) is 2.92. The smallest absolute Gasteiger partial charge is 0.128 e. The van der Waals surface area contributed by atoms with Gasteiger partial charge in [-0.15, -0.1) is 0 Å². The number of hydrogen-bond donors (Lipinski definition) is 0. The van der Waals surface area contributed by atoms with Crippen LogP contribution in [0.5, 0.6) is 0 Å². The maximum absolute atomic E-state index is 13.0. The highest BCUT2D eigenvalue weighted by Crippen LogP contribution is 2.23. The predicted molar refractivity (Wildman–Crippen MR) is 48.3 cm³/mol. The molecule has 0 fully saturated rings. The summed E-state index contributed by atoms with van der Waals surface area (Å²) in [5.74, 6) is -0.398. The molecule has 0 N–H and O–H groups in total. The van der Waals surface area contributed by atoms with Gasteiger partial charge in [0.2, 0.25) is 0 Å². The molecule has 0 heterocycles. The van der Waals surface area contributed by atoms with Gasteiger partial charge in [-0.3, -0.25) is 0 Å². The minimum atomic E-state index is -0.637. The Morgan fingerprint density at radius 1 is 1.58 bits per heavy atom. The van der Waals surface area contributed by atoms with Crippen LogP contribution in [0.4, 0.5) is 4.39 Å². The lowest BCUT2D eigenvalue weighted by Crippen LogP contribution is -1.93. The second-order valence-electron chi connectivity index (χ2n) is 2.45. The highest BCUT2D eigenvalue weighted by atomic mass is 79.9. The Bertz CT molecular complexity index is 303. The van der Waals surface area contributed by atoms with Crippen LogP contribution in [0.3, 0.4) is 0 Å². The molecule has 0 saturated carbocycles. The topological polar surface area (TPSA) is 29.4 Å². The van der Waals surface area contributed by atoms with E-state index in [2.05, 4.69) is 21.1 Å². The molecule has 1 aromatic rings. The second-order valence-corrected chi connectivity index (χ2v) is 3.36. The van der Waals surface area contributed by atoms with E-state index < -0.39 is 11.9 Å². The van der Waals surface area contributed by atoms with Crippen molar-refractivity contribution in [1.82, 2.24) is 0 Å². The van der Waals surface area contributed by atoms with E-state index in [1.807, 2.05) is 0 Å². The van der Waals surface area contributed by atoms with Gasteiger partial charge >= 0.3 is 0 Å². The molecule has 0 radical (unpaired) electrons. The average molecular weight is 232 g/mol. The number of rotatable bonds is 2. The first-order chi connectivity index (χ1) is 5.65. The van der Waals surface area contributed by atoms with Gasteiger partial charge in [-0.05, 0) is 25.1 Å². The standard InChI is InChI=1S/C8H7BrFNO/c1-5(11-12)7-4-6(9)2-3-8(7)10/h2-5H,1H3. The number of benzene rings is 1. The molecule has 1 atom stereocenters. The third-order valence-electron chi connectivity index (χ3n) is 1.57. The molecule has 0 spiro atoms. The van der Waals surface area contributed by atoms with Gasteiger partial charge < -0.3 is 0 Å². The average Bonchev–Trinajstić information content (AvgIpc) is 2.08. The lowest BCUT2D eigenvalue weighted by atomic mass is 10.1. The molecule has 2 nitrogen and oxygen atoms in total. The largest absolute Gasteiger partial charge is 0.207 e. The maximum atomic E-state index is 13.0. The van der Waals surface area contributed by atoms with Crippen LogP contribution in [0.25, 0.3) is 0 Å². The molecule has 12 heavy (non-hydrogen) atoms. The van der Waals surface area contributed by atoms with Gasteiger partial charge in [0.15, 0.2) is 0 Å². The summed E-state index contributed by atoms with van der Waals surface area (Å²) in [7, 11) is 0. The number of nitrogens with zero attached hydrogens (tertiary/aromatic N) is 1. The molecule has 0 aromatic heterocycles. The molecule has 0 saturated heterocycles. The van der Waals surface area contributed by atoms with Crippen molar-refractivity contribution in [2.24, 2.45) is 5.18 Å². The Hall–Kier alpha value is -0.770. The Morgan fingerprint density at radius 3 is 2.83 bits per heavy atom. The van der Waals surface area contributed by atoms with E-state index in [-0.39, 0.29) is 0 Å². The molecular formula is C8H7BrFNO. The number of hydrogen-bond acceptors (Lipinski definition) is 2. The quantitative estimate of drug-likeness (QED) is 0.718. The summed E-state index contributed by atoms with van der Waals surface area (Å²) in [6.07, 6.45) is 0. The van der Waals surface area contributed by atoms with Crippen LogP contribution in [0.2, 0.25) is 0 Å². The minimum absolute atomic E-state index is 0.319. The lowest BCUT2D eigenvalue weighted by molar-refractivity contribution is 0.593. The Morgan fingerprint density at radius 2 is 2.25 bits per heavy atom. The predicted octanol–water partition coefficient (Wildman–Crippen LogP) is 3.42. The van der Waals surface area contributed by atoms with Crippen LogP contribution >= 0.6 is 15.9 Å². The monoisotopic (exact) mass is 231 g/mol. The molecule has 0 amide bonds. The zero-order valence-corrected chi connectivity index (χ0v) is 8.01. The van der Waals surface area contributed by atoms with Crippen LogP contribution in [0, 0.1) is 10.7 Å². The fourth-order valence-electron chi connectivity index (χ4n) is 0.892. The van der Waals surface area contributed by atoms with Crippen LogP contribution in [-0.2, 0) is 0 Å². The zero-order valence-electron chi connectivity index (χ0n) is 6.42. The van der Waals surface area contributed by atoms with Crippen LogP contribution in [0.1, 0.15) is 18.5 Å².